The number of nitrogens with zero attached hydrogens (tertiary/aromatic N) is 3. The van der Waals surface area contributed by atoms with Gasteiger partial charge in [-0.15, -0.1) is 0 Å². The zero-order chi connectivity index (χ0) is 15.4. The molecule has 2 rings (SSSR count). The van der Waals surface area contributed by atoms with E-state index in [2.05, 4.69) is 4.98 Å². The Balaban J connectivity index is 2.20. The van der Waals surface area contributed by atoms with Crippen molar-refractivity contribution >= 4 is 11.8 Å². The van der Waals surface area contributed by atoms with Crippen LogP contribution in [0, 0.1) is 5.92 Å². The molecule has 21 heavy (non-hydrogen) atoms. The van der Waals surface area contributed by atoms with Crippen molar-refractivity contribution in [3.05, 3.63) is 22.7 Å². The van der Waals surface area contributed by atoms with E-state index in [4.69, 9.17) is 4.74 Å². The number of aromatic nitrogens is 2. The molecule has 1 saturated heterocycles. The van der Waals surface area contributed by atoms with Crippen molar-refractivity contribution < 1.29 is 9.53 Å². The fraction of sp³-hybridized carbons (Fsp3) is 0.667. The fourth-order valence-electron chi connectivity index (χ4n) is 2.66. The maximum absolute atomic E-state index is 12.5. The van der Waals surface area contributed by atoms with Gasteiger partial charge in [0.05, 0.1) is 12.5 Å². The highest BCUT2D eigenvalue weighted by atomic mass is 16.5. The van der Waals surface area contributed by atoms with Crippen LogP contribution in [-0.2, 0) is 9.53 Å². The predicted octanol–water partition coefficient (Wildman–Crippen LogP) is 1.60. The third-order valence-corrected chi connectivity index (χ3v) is 3.75. The van der Waals surface area contributed by atoms with E-state index in [9.17, 15) is 9.59 Å². The Labute approximate surface area is 124 Å². The Morgan fingerprint density at radius 3 is 2.95 bits per heavy atom. The molecule has 0 bridgehead atoms. The molecule has 0 N–H and O–H groups in total. The highest BCUT2D eigenvalue weighted by Crippen LogP contribution is 2.20. The molecule has 1 unspecified atom stereocenters. The lowest BCUT2D eigenvalue weighted by Gasteiger charge is -2.32. The van der Waals surface area contributed by atoms with Crippen LogP contribution in [-0.4, -0.2) is 35.2 Å². The molecule has 0 aliphatic carbocycles. The molecule has 0 aromatic carbocycles. The highest BCUT2D eigenvalue weighted by Gasteiger charge is 2.28. The summed E-state index contributed by atoms with van der Waals surface area (Å²) in [6, 6.07) is 0.0879. The Hall–Kier alpha value is -1.85. The van der Waals surface area contributed by atoms with Gasteiger partial charge in [0.25, 0.3) is 5.56 Å². The van der Waals surface area contributed by atoms with Crippen molar-refractivity contribution in [2.75, 3.05) is 24.6 Å². The van der Waals surface area contributed by atoms with E-state index in [-0.39, 0.29) is 23.5 Å². The quantitative estimate of drug-likeness (QED) is 0.789. The topological polar surface area (TPSA) is 64.4 Å². The molecule has 116 valence electrons. The fourth-order valence-corrected chi connectivity index (χ4v) is 2.66. The van der Waals surface area contributed by atoms with Crippen LogP contribution in [0.4, 0.5) is 5.82 Å². The first kappa shape index (κ1) is 15.5. The molecule has 1 aromatic heterocycles. The number of piperidine rings is 1. The number of anilines is 1. The molecule has 1 atom stereocenters. The van der Waals surface area contributed by atoms with Crippen molar-refractivity contribution in [3.63, 3.8) is 0 Å². The molecule has 6 nitrogen and oxygen atoms in total. The second kappa shape index (κ2) is 6.74. The number of carbonyl (C=O) groups excluding carboxylic acids is 1. The molecule has 2 heterocycles. The first-order valence-corrected chi connectivity index (χ1v) is 7.53. The minimum Gasteiger partial charge on any atom is -0.466 e. The molecule has 6 heteroatoms. The minimum atomic E-state index is -0.178. The van der Waals surface area contributed by atoms with Gasteiger partial charge in [-0.05, 0) is 33.6 Å². The van der Waals surface area contributed by atoms with Gasteiger partial charge in [0, 0.05) is 31.5 Å². The summed E-state index contributed by atoms with van der Waals surface area (Å²) in [6.07, 6.45) is 5.01. The highest BCUT2D eigenvalue weighted by molar-refractivity contribution is 5.73. The first-order chi connectivity index (χ1) is 10.0. The SMILES string of the molecule is CCOC(=O)C1CCCN(c2nccn(C(C)C)c2=O)C1. The molecule has 0 saturated carbocycles. The molecule has 1 aliphatic rings. The molecule has 1 aromatic rings. The number of esters is 1. The number of hydrogen-bond donors (Lipinski definition) is 0. The van der Waals surface area contributed by atoms with Crippen LogP contribution < -0.4 is 10.5 Å². The predicted molar refractivity (Wildman–Crippen MR) is 80.5 cm³/mol. The van der Waals surface area contributed by atoms with Crippen LogP contribution in [0.25, 0.3) is 0 Å². The molecular weight excluding hydrogens is 270 g/mol. The van der Waals surface area contributed by atoms with Gasteiger partial charge in [-0.3, -0.25) is 9.59 Å². The lowest BCUT2D eigenvalue weighted by atomic mass is 9.98. The summed E-state index contributed by atoms with van der Waals surface area (Å²) in [5.74, 6) is 0.0788. The van der Waals surface area contributed by atoms with Crippen LogP contribution in [0.3, 0.4) is 0 Å². The van der Waals surface area contributed by atoms with E-state index in [0.717, 1.165) is 19.4 Å². The Kier molecular flexibility index (Phi) is 4.98. The van der Waals surface area contributed by atoms with Gasteiger partial charge in [-0.1, -0.05) is 0 Å². The third kappa shape index (κ3) is 3.43. The zero-order valence-electron chi connectivity index (χ0n) is 12.9. The number of carbonyl (C=O) groups is 1. The summed E-state index contributed by atoms with van der Waals surface area (Å²) in [6.45, 7) is 7.37. The first-order valence-electron chi connectivity index (χ1n) is 7.53. The number of hydrogen-bond acceptors (Lipinski definition) is 5. The number of ether oxygens (including phenoxy) is 1. The Morgan fingerprint density at radius 2 is 2.29 bits per heavy atom. The smallest absolute Gasteiger partial charge is 0.310 e. The summed E-state index contributed by atoms with van der Waals surface area (Å²) in [7, 11) is 0. The van der Waals surface area contributed by atoms with Crippen LogP contribution in [0.5, 0.6) is 0 Å². The summed E-state index contributed by atoms with van der Waals surface area (Å²) in [5.41, 5.74) is -0.1000. The molecule has 1 fully saturated rings. The van der Waals surface area contributed by atoms with E-state index >= 15 is 0 Å². The maximum atomic E-state index is 12.5. The third-order valence-electron chi connectivity index (χ3n) is 3.75. The minimum absolute atomic E-state index is 0.0879. The molecule has 0 radical (unpaired) electrons. The van der Waals surface area contributed by atoms with Gasteiger partial charge in [0.2, 0.25) is 0 Å². The van der Waals surface area contributed by atoms with Crippen molar-refractivity contribution in [1.82, 2.24) is 9.55 Å². The summed E-state index contributed by atoms with van der Waals surface area (Å²) in [4.78, 5) is 30.5. The van der Waals surface area contributed by atoms with Crippen molar-refractivity contribution in [1.29, 1.82) is 0 Å². The van der Waals surface area contributed by atoms with Gasteiger partial charge < -0.3 is 14.2 Å². The van der Waals surface area contributed by atoms with E-state index in [1.807, 2.05) is 18.7 Å². The second-order valence-corrected chi connectivity index (χ2v) is 5.59. The normalized spacial score (nSPS) is 18.9. The summed E-state index contributed by atoms with van der Waals surface area (Å²) >= 11 is 0. The van der Waals surface area contributed by atoms with Gasteiger partial charge >= 0.3 is 5.97 Å². The van der Waals surface area contributed by atoms with Crippen LogP contribution >= 0.6 is 0 Å². The van der Waals surface area contributed by atoms with Crippen LogP contribution in [0.1, 0.15) is 39.7 Å². The molecule has 0 spiro atoms. The summed E-state index contributed by atoms with van der Waals surface area (Å²) < 4.78 is 6.75. The van der Waals surface area contributed by atoms with Crippen LogP contribution in [0.15, 0.2) is 17.2 Å². The lowest BCUT2D eigenvalue weighted by molar-refractivity contribution is -0.148. The number of rotatable bonds is 4. The van der Waals surface area contributed by atoms with E-state index in [1.165, 1.54) is 0 Å². The van der Waals surface area contributed by atoms with Crippen molar-refractivity contribution in [2.45, 2.75) is 39.7 Å². The van der Waals surface area contributed by atoms with Gasteiger partial charge in [-0.2, -0.15) is 0 Å². The van der Waals surface area contributed by atoms with Crippen molar-refractivity contribution in [2.24, 2.45) is 5.92 Å². The van der Waals surface area contributed by atoms with E-state index in [0.29, 0.717) is 19.0 Å². The largest absolute Gasteiger partial charge is 0.466 e. The van der Waals surface area contributed by atoms with Crippen molar-refractivity contribution in [3.8, 4) is 0 Å². The Morgan fingerprint density at radius 1 is 1.52 bits per heavy atom. The molecule has 0 amide bonds. The molecular formula is C15H23N3O3. The summed E-state index contributed by atoms with van der Waals surface area (Å²) in [5, 5.41) is 0. The standard InChI is InChI=1S/C15H23N3O3/c1-4-21-15(20)12-6-5-8-17(10-12)13-14(19)18(11(2)3)9-7-16-13/h7,9,11-12H,4-6,8,10H2,1-3H3. The zero-order valence-corrected chi connectivity index (χ0v) is 12.9. The monoisotopic (exact) mass is 293 g/mol. The van der Waals surface area contributed by atoms with Gasteiger partial charge in [0.15, 0.2) is 5.82 Å². The lowest BCUT2D eigenvalue weighted by Crippen LogP contribution is -2.43. The maximum Gasteiger partial charge on any atom is 0.310 e. The Bertz CT molecular complexity index is 553. The van der Waals surface area contributed by atoms with E-state index < -0.39 is 0 Å². The average Bonchev–Trinajstić information content (AvgIpc) is 2.47. The van der Waals surface area contributed by atoms with Gasteiger partial charge in [0.1, 0.15) is 0 Å². The average molecular weight is 293 g/mol. The van der Waals surface area contributed by atoms with Gasteiger partial charge in [-0.25, -0.2) is 4.98 Å². The molecule has 1 aliphatic heterocycles. The van der Waals surface area contributed by atoms with E-state index in [1.54, 1.807) is 23.9 Å². The second-order valence-electron chi connectivity index (χ2n) is 5.59. The van der Waals surface area contributed by atoms with Crippen LogP contribution in [0.2, 0.25) is 0 Å².